The van der Waals surface area contributed by atoms with Gasteiger partial charge in [-0.05, 0) is 110 Å². The summed E-state index contributed by atoms with van der Waals surface area (Å²) in [6, 6.07) is 23.5. The molecule has 4 aromatic carbocycles. The number of unbranched alkanes of at least 4 members (excludes halogenated alkanes) is 1. The Balaban J connectivity index is 1.27. The number of benzene rings is 4. The van der Waals surface area contributed by atoms with Gasteiger partial charge in [-0.3, -0.25) is 0 Å². The smallest absolute Gasteiger partial charge is 0.488 e. The largest absolute Gasteiger partial charge is 0.494 e. The van der Waals surface area contributed by atoms with Gasteiger partial charge < -0.3 is 38.8 Å². The molecule has 0 bridgehead atoms. The van der Waals surface area contributed by atoms with Crippen LogP contribution in [-0.4, -0.2) is 47.4 Å². The van der Waals surface area contributed by atoms with Crippen molar-refractivity contribution in [1.82, 2.24) is 0 Å². The van der Waals surface area contributed by atoms with Crippen LogP contribution in [0.25, 0.3) is 0 Å². The Kier molecular flexibility index (Phi) is 12.6. The highest BCUT2D eigenvalue weighted by atomic mass is 16.6. The van der Waals surface area contributed by atoms with Gasteiger partial charge >= 0.3 is 19.1 Å². The third-order valence-electron chi connectivity index (χ3n) is 7.26. The molecule has 3 N–H and O–H groups in total. The second-order valence-corrected chi connectivity index (χ2v) is 10.6. The van der Waals surface area contributed by atoms with Gasteiger partial charge in [-0.15, -0.1) is 0 Å². The molecule has 0 radical (unpaired) electrons. The fraction of sp³-hybridized carbons (Fsp3) is 0.222. The summed E-state index contributed by atoms with van der Waals surface area (Å²) in [5, 5.41) is 29.4. The SMILES string of the molecule is C=CC(=O)OCCCCOc1ccc(C(O)Oc2ccc(OC(=O)c3ccc(COc4cccc(B(O)O)c4)cc3)c(C)c2C)cc1. The standard InChI is InChI=1S/C36H37BO10/c1-4-34(38)44-21-6-5-20-43-30-16-14-28(15-17-30)36(40)47-33-19-18-32(24(2)25(33)3)46-35(39)27-12-10-26(11-13-27)23-45-31-9-7-8-29(22-31)37(41)42/h4,7-19,22,36,40-42H,1,5-6,20-21,23H2,2-3H3. The average Bonchev–Trinajstić information content (AvgIpc) is 3.09. The maximum Gasteiger partial charge on any atom is 0.488 e. The van der Waals surface area contributed by atoms with Crippen LogP contribution in [-0.2, 0) is 16.1 Å². The molecule has 0 aromatic heterocycles. The molecule has 0 aliphatic rings. The van der Waals surface area contributed by atoms with Crippen LogP contribution in [0.2, 0.25) is 0 Å². The Bertz CT molecular complexity index is 1650. The Hall–Kier alpha value is -5.10. The van der Waals surface area contributed by atoms with Gasteiger partial charge in [-0.1, -0.05) is 30.8 Å². The van der Waals surface area contributed by atoms with Gasteiger partial charge in [-0.25, -0.2) is 9.59 Å². The molecule has 0 aliphatic heterocycles. The molecule has 0 saturated heterocycles. The summed E-state index contributed by atoms with van der Waals surface area (Å²) in [5.41, 5.74) is 3.42. The maximum absolute atomic E-state index is 12.9. The molecular formula is C36H37BO10. The first kappa shape index (κ1) is 34.8. The van der Waals surface area contributed by atoms with Gasteiger partial charge in [0, 0.05) is 11.6 Å². The molecule has 4 rings (SSSR count). The second kappa shape index (κ2) is 17.0. The topological polar surface area (TPSA) is 141 Å². The average molecular weight is 640 g/mol. The number of rotatable bonds is 16. The number of aliphatic hydroxyl groups excluding tert-OH is 1. The van der Waals surface area contributed by atoms with Gasteiger partial charge in [0.1, 0.15) is 29.6 Å². The van der Waals surface area contributed by atoms with Crippen molar-refractivity contribution in [2.24, 2.45) is 0 Å². The number of esters is 2. The predicted octanol–water partition coefficient (Wildman–Crippen LogP) is 4.74. The fourth-order valence-electron chi connectivity index (χ4n) is 4.38. The van der Waals surface area contributed by atoms with Gasteiger partial charge in [-0.2, -0.15) is 0 Å². The monoisotopic (exact) mass is 640 g/mol. The van der Waals surface area contributed by atoms with Crippen LogP contribution in [0.5, 0.6) is 23.0 Å². The summed E-state index contributed by atoms with van der Waals surface area (Å²) < 4.78 is 27.9. The molecule has 0 amide bonds. The molecule has 0 saturated carbocycles. The molecule has 0 aliphatic carbocycles. The number of carbonyl (C=O) groups is 2. The Labute approximate surface area is 273 Å². The first-order valence-electron chi connectivity index (χ1n) is 15.0. The highest BCUT2D eigenvalue weighted by Gasteiger charge is 2.17. The van der Waals surface area contributed by atoms with Crippen LogP contribution < -0.4 is 24.4 Å². The zero-order chi connectivity index (χ0) is 33.8. The van der Waals surface area contributed by atoms with Crippen molar-refractivity contribution in [1.29, 1.82) is 0 Å². The number of carbonyl (C=O) groups excluding carboxylic acids is 2. The fourth-order valence-corrected chi connectivity index (χ4v) is 4.38. The highest BCUT2D eigenvalue weighted by Crippen LogP contribution is 2.32. The van der Waals surface area contributed by atoms with E-state index in [1.807, 2.05) is 6.92 Å². The van der Waals surface area contributed by atoms with E-state index in [0.29, 0.717) is 76.8 Å². The summed E-state index contributed by atoms with van der Waals surface area (Å²) >= 11 is 0. The zero-order valence-electron chi connectivity index (χ0n) is 26.3. The van der Waals surface area contributed by atoms with Crippen LogP contribution >= 0.6 is 0 Å². The first-order valence-corrected chi connectivity index (χ1v) is 15.0. The minimum Gasteiger partial charge on any atom is -0.494 e. The van der Waals surface area contributed by atoms with Gasteiger partial charge in [0.15, 0.2) is 0 Å². The second-order valence-electron chi connectivity index (χ2n) is 10.6. The predicted molar refractivity (Wildman–Crippen MR) is 176 cm³/mol. The summed E-state index contributed by atoms with van der Waals surface area (Å²) in [5.74, 6) is 0.959. The van der Waals surface area contributed by atoms with Crippen molar-refractivity contribution in [2.75, 3.05) is 13.2 Å². The summed E-state index contributed by atoms with van der Waals surface area (Å²) in [4.78, 5) is 23.9. The molecule has 1 unspecified atom stereocenters. The van der Waals surface area contributed by atoms with Gasteiger partial charge in [0.25, 0.3) is 0 Å². The quantitative estimate of drug-likeness (QED) is 0.0393. The number of hydrogen-bond donors (Lipinski definition) is 3. The van der Waals surface area contributed by atoms with Crippen molar-refractivity contribution in [2.45, 2.75) is 39.6 Å². The minimum atomic E-state index is -1.58. The van der Waals surface area contributed by atoms with E-state index in [1.54, 1.807) is 91.9 Å². The summed E-state index contributed by atoms with van der Waals surface area (Å²) in [6.07, 6.45) is 1.27. The lowest BCUT2D eigenvalue weighted by molar-refractivity contribution is -0.137. The van der Waals surface area contributed by atoms with Crippen LogP contribution in [0.4, 0.5) is 0 Å². The van der Waals surface area contributed by atoms with Crippen molar-refractivity contribution in [3.05, 3.63) is 125 Å². The van der Waals surface area contributed by atoms with E-state index < -0.39 is 25.3 Å². The van der Waals surface area contributed by atoms with E-state index in [1.165, 1.54) is 0 Å². The Morgan fingerprint density at radius 1 is 0.830 bits per heavy atom. The van der Waals surface area contributed by atoms with Crippen LogP contribution in [0.3, 0.4) is 0 Å². The lowest BCUT2D eigenvalue weighted by atomic mass is 9.80. The molecule has 244 valence electrons. The van der Waals surface area contributed by atoms with Gasteiger partial charge in [0.05, 0.1) is 18.8 Å². The Morgan fingerprint density at radius 2 is 1.51 bits per heavy atom. The summed E-state index contributed by atoms with van der Waals surface area (Å²) in [7, 11) is -1.58. The molecule has 1 atom stereocenters. The first-order chi connectivity index (χ1) is 22.6. The van der Waals surface area contributed by atoms with Crippen LogP contribution in [0.15, 0.2) is 97.6 Å². The third-order valence-corrected chi connectivity index (χ3v) is 7.26. The lowest BCUT2D eigenvalue weighted by Gasteiger charge is -2.18. The number of ether oxygens (including phenoxy) is 5. The van der Waals surface area contributed by atoms with Gasteiger partial charge in [0.2, 0.25) is 6.29 Å². The van der Waals surface area contributed by atoms with Crippen LogP contribution in [0.1, 0.15) is 51.7 Å². The van der Waals surface area contributed by atoms with E-state index in [0.717, 1.165) is 11.6 Å². The van der Waals surface area contributed by atoms with Crippen molar-refractivity contribution < 1.29 is 48.4 Å². The van der Waals surface area contributed by atoms with Crippen molar-refractivity contribution >= 4 is 24.5 Å². The normalized spacial score (nSPS) is 11.3. The minimum absolute atomic E-state index is 0.224. The Morgan fingerprint density at radius 3 is 2.21 bits per heavy atom. The molecule has 0 spiro atoms. The highest BCUT2D eigenvalue weighted by molar-refractivity contribution is 6.58. The molecule has 10 nitrogen and oxygen atoms in total. The van der Waals surface area contributed by atoms with E-state index in [2.05, 4.69) is 6.58 Å². The maximum atomic E-state index is 12.9. The van der Waals surface area contributed by atoms with Crippen LogP contribution in [0, 0.1) is 13.8 Å². The third kappa shape index (κ3) is 10.2. The van der Waals surface area contributed by atoms with E-state index in [4.69, 9.17) is 23.7 Å². The summed E-state index contributed by atoms with van der Waals surface area (Å²) in [6.45, 7) is 7.96. The molecule has 0 fully saturated rings. The van der Waals surface area contributed by atoms with Crippen molar-refractivity contribution in [3.63, 3.8) is 0 Å². The van der Waals surface area contributed by atoms with E-state index in [-0.39, 0.29) is 6.61 Å². The molecular weight excluding hydrogens is 603 g/mol. The molecule has 11 heteroatoms. The molecule has 47 heavy (non-hydrogen) atoms. The van der Waals surface area contributed by atoms with Crippen molar-refractivity contribution in [3.8, 4) is 23.0 Å². The number of aliphatic hydroxyl groups is 1. The number of hydrogen-bond acceptors (Lipinski definition) is 10. The molecule has 4 aromatic rings. The van der Waals surface area contributed by atoms with E-state index in [9.17, 15) is 24.7 Å². The lowest BCUT2D eigenvalue weighted by Crippen LogP contribution is -2.29. The van der Waals surface area contributed by atoms with E-state index >= 15 is 0 Å². The molecule has 0 heterocycles. The zero-order valence-corrected chi connectivity index (χ0v) is 26.3.